The van der Waals surface area contributed by atoms with E-state index in [1.165, 1.54) is 5.56 Å². The second kappa shape index (κ2) is 6.55. The van der Waals surface area contributed by atoms with Gasteiger partial charge in [-0.3, -0.25) is 9.69 Å². The average Bonchev–Trinajstić information content (AvgIpc) is 2.35. The molecule has 0 heterocycles. The molecule has 0 bridgehead atoms. The highest BCUT2D eigenvalue weighted by Crippen LogP contribution is 2.15. The van der Waals surface area contributed by atoms with Crippen molar-refractivity contribution in [3.63, 3.8) is 0 Å². The Morgan fingerprint density at radius 3 is 2.06 bits per heavy atom. The Morgan fingerprint density at radius 2 is 1.65 bits per heavy atom. The van der Waals surface area contributed by atoms with Crippen LogP contribution in [0.1, 0.15) is 49.5 Å². The molecule has 0 radical (unpaired) electrons. The Balaban J connectivity index is 2.69. The van der Waals surface area contributed by atoms with Crippen LogP contribution in [0.15, 0.2) is 24.3 Å². The van der Waals surface area contributed by atoms with Gasteiger partial charge in [0.05, 0.1) is 6.54 Å². The minimum absolute atomic E-state index is 0.212. The SMILES string of the molecule is CCN(CC)CC(=O)c1ccc(C(C)C)cc1. The van der Waals surface area contributed by atoms with Crippen LogP contribution in [0.3, 0.4) is 0 Å². The Labute approximate surface area is 105 Å². The Hall–Kier alpha value is -1.15. The van der Waals surface area contributed by atoms with Gasteiger partial charge >= 0.3 is 0 Å². The Kier molecular flexibility index (Phi) is 5.36. The van der Waals surface area contributed by atoms with E-state index in [1.807, 2.05) is 12.1 Å². The quantitative estimate of drug-likeness (QED) is 0.702. The molecule has 0 amide bonds. The zero-order chi connectivity index (χ0) is 12.8. The number of likely N-dealkylation sites (N-methyl/N-ethyl adjacent to an activating group) is 1. The molecular formula is C15H23NO. The van der Waals surface area contributed by atoms with Gasteiger partial charge in [0.2, 0.25) is 0 Å². The normalized spacial score (nSPS) is 11.2. The average molecular weight is 233 g/mol. The molecule has 17 heavy (non-hydrogen) atoms. The molecule has 0 unspecified atom stereocenters. The van der Waals surface area contributed by atoms with Crippen LogP contribution in [-0.2, 0) is 0 Å². The maximum atomic E-state index is 12.0. The molecule has 0 atom stereocenters. The van der Waals surface area contributed by atoms with Crippen molar-refractivity contribution in [2.45, 2.75) is 33.6 Å². The monoisotopic (exact) mass is 233 g/mol. The third-order valence-corrected chi connectivity index (χ3v) is 3.16. The van der Waals surface area contributed by atoms with Crippen LogP contribution in [0.5, 0.6) is 0 Å². The summed E-state index contributed by atoms with van der Waals surface area (Å²) in [4.78, 5) is 14.1. The summed E-state index contributed by atoms with van der Waals surface area (Å²) >= 11 is 0. The lowest BCUT2D eigenvalue weighted by molar-refractivity contribution is 0.0937. The molecule has 0 aliphatic heterocycles. The minimum atomic E-state index is 0.212. The van der Waals surface area contributed by atoms with Gasteiger partial charge in [-0.05, 0) is 24.6 Å². The summed E-state index contributed by atoms with van der Waals surface area (Å²) in [6.45, 7) is 10.9. The zero-order valence-electron chi connectivity index (χ0n) is 11.4. The third kappa shape index (κ3) is 3.97. The van der Waals surface area contributed by atoms with Gasteiger partial charge in [-0.1, -0.05) is 52.0 Å². The number of hydrogen-bond donors (Lipinski definition) is 0. The van der Waals surface area contributed by atoms with E-state index in [-0.39, 0.29) is 5.78 Å². The lowest BCUT2D eigenvalue weighted by Crippen LogP contribution is -2.29. The van der Waals surface area contributed by atoms with Gasteiger partial charge in [0.1, 0.15) is 0 Å². The fourth-order valence-corrected chi connectivity index (χ4v) is 1.80. The first-order valence-electron chi connectivity index (χ1n) is 6.44. The summed E-state index contributed by atoms with van der Waals surface area (Å²) < 4.78 is 0. The number of carbonyl (C=O) groups excluding carboxylic acids is 1. The highest BCUT2D eigenvalue weighted by Gasteiger charge is 2.10. The lowest BCUT2D eigenvalue weighted by atomic mass is 10.0. The van der Waals surface area contributed by atoms with Gasteiger partial charge in [-0.15, -0.1) is 0 Å². The van der Waals surface area contributed by atoms with Crippen molar-refractivity contribution >= 4 is 5.78 Å². The largest absolute Gasteiger partial charge is 0.296 e. The van der Waals surface area contributed by atoms with Crippen molar-refractivity contribution in [2.24, 2.45) is 0 Å². The van der Waals surface area contributed by atoms with Crippen LogP contribution >= 0.6 is 0 Å². The molecule has 0 saturated carbocycles. The Bertz CT molecular complexity index is 350. The maximum absolute atomic E-state index is 12.0. The zero-order valence-corrected chi connectivity index (χ0v) is 11.4. The molecule has 1 aromatic carbocycles. The van der Waals surface area contributed by atoms with Gasteiger partial charge in [0, 0.05) is 5.56 Å². The summed E-state index contributed by atoms with van der Waals surface area (Å²) in [7, 11) is 0. The first-order chi connectivity index (χ1) is 8.08. The van der Waals surface area contributed by atoms with Crippen molar-refractivity contribution in [2.75, 3.05) is 19.6 Å². The Morgan fingerprint density at radius 1 is 1.12 bits per heavy atom. The molecule has 0 aromatic heterocycles. The van der Waals surface area contributed by atoms with Crippen LogP contribution in [0.2, 0.25) is 0 Å². The number of hydrogen-bond acceptors (Lipinski definition) is 2. The topological polar surface area (TPSA) is 20.3 Å². The summed E-state index contributed by atoms with van der Waals surface area (Å²) in [5.41, 5.74) is 2.10. The summed E-state index contributed by atoms with van der Waals surface area (Å²) in [5.74, 6) is 0.728. The maximum Gasteiger partial charge on any atom is 0.176 e. The number of nitrogens with zero attached hydrogens (tertiary/aromatic N) is 1. The molecule has 0 aliphatic carbocycles. The standard InChI is InChI=1S/C15H23NO/c1-5-16(6-2)11-15(17)14-9-7-13(8-10-14)12(3)4/h7-10,12H,5-6,11H2,1-4H3. The smallest absolute Gasteiger partial charge is 0.176 e. The first kappa shape index (κ1) is 13.9. The van der Waals surface area contributed by atoms with E-state index >= 15 is 0 Å². The van der Waals surface area contributed by atoms with Crippen molar-refractivity contribution in [3.8, 4) is 0 Å². The number of rotatable bonds is 6. The molecule has 0 fully saturated rings. The second-order valence-corrected chi connectivity index (χ2v) is 4.66. The van der Waals surface area contributed by atoms with Crippen LogP contribution < -0.4 is 0 Å². The second-order valence-electron chi connectivity index (χ2n) is 4.66. The highest BCUT2D eigenvalue weighted by atomic mass is 16.1. The van der Waals surface area contributed by atoms with E-state index in [0.29, 0.717) is 12.5 Å². The minimum Gasteiger partial charge on any atom is -0.296 e. The van der Waals surface area contributed by atoms with Crippen LogP contribution in [0.25, 0.3) is 0 Å². The van der Waals surface area contributed by atoms with Gasteiger partial charge < -0.3 is 0 Å². The molecule has 2 nitrogen and oxygen atoms in total. The molecular weight excluding hydrogens is 210 g/mol. The van der Waals surface area contributed by atoms with E-state index in [4.69, 9.17) is 0 Å². The van der Waals surface area contributed by atoms with Crippen LogP contribution in [0.4, 0.5) is 0 Å². The van der Waals surface area contributed by atoms with E-state index in [2.05, 4.69) is 44.7 Å². The van der Waals surface area contributed by atoms with Crippen molar-refractivity contribution in [1.82, 2.24) is 4.90 Å². The summed E-state index contributed by atoms with van der Waals surface area (Å²) in [5, 5.41) is 0. The van der Waals surface area contributed by atoms with Crippen molar-refractivity contribution in [1.29, 1.82) is 0 Å². The van der Waals surface area contributed by atoms with E-state index < -0.39 is 0 Å². The van der Waals surface area contributed by atoms with Gasteiger partial charge in [-0.2, -0.15) is 0 Å². The van der Waals surface area contributed by atoms with Gasteiger partial charge in [-0.25, -0.2) is 0 Å². The molecule has 1 rings (SSSR count). The van der Waals surface area contributed by atoms with Gasteiger partial charge in [0.15, 0.2) is 5.78 Å². The first-order valence-corrected chi connectivity index (χ1v) is 6.44. The number of ketones is 1. The predicted molar refractivity (Wildman–Crippen MR) is 72.6 cm³/mol. The molecule has 2 heteroatoms. The van der Waals surface area contributed by atoms with E-state index in [0.717, 1.165) is 18.7 Å². The fourth-order valence-electron chi connectivity index (χ4n) is 1.80. The molecule has 94 valence electrons. The molecule has 0 saturated heterocycles. The van der Waals surface area contributed by atoms with E-state index in [9.17, 15) is 4.79 Å². The number of carbonyl (C=O) groups is 1. The molecule has 1 aromatic rings. The predicted octanol–water partition coefficient (Wildman–Crippen LogP) is 3.33. The van der Waals surface area contributed by atoms with Crippen LogP contribution in [-0.4, -0.2) is 30.3 Å². The number of benzene rings is 1. The highest BCUT2D eigenvalue weighted by molar-refractivity contribution is 5.97. The van der Waals surface area contributed by atoms with Crippen LogP contribution in [0, 0.1) is 0 Å². The summed E-state index contributed by atoms with van der Waals surface area (Å²) in [6.07, 6.45) is 0. The number of Topliss-reactive ketones (excluding diaryl/α,β-unsaturated/α-hetero) is 1. The molecule has 0 spiro atoms. The van der Waals surface area contributed by atoms with E-state index in [1.54, 1.807) is 0 Å². The van der Waals surface area contributed by atoms with Crippen molar-refractivity contribution < 1.29 is 4.79 Å². The fraction of sp³-hybridized carbons (Fsp3) is 0.533. The van der Waals surface area contributed by atoms with Gasteiger partial charge in [0.25, 0.3) is 0 Å². The molecule has 0 aliphatic rings. The lowest BCUT2D eigenvalue weighted by Gasteiger charge is -2.16. The third-order valence-electron chi connectivity index (χ3n) is 3.16. The summed E-state index contributed by atoms with van der Waals surface area (Å²) in [6, 6.07) is 8.00. The molecule has 0 N–H and O–H groups in total. The van der Waals surface area contributed by atoms with Crippen molar-refractivity contribution in [3.05, 3.63) is 35.4 Å².